The number of fused-ring (bicyclic) bond motifs is 9. The fraction of sp³-hybridized carbons (Fsp3) is 0. The monoisotopic (exact) mass is 744 g/mol. The topological polar surface area (TPSA) is 0 Å². The average Bonchev–Trinajstić information content (AvgIpc) is 3.66. The molecule has 10 aromatic carbocycles. The number of benzene rings is 10. The van der Waals surface area contributed by atoms with Gasteiger partial charge in [0.15, 0.2) is 8.07 Å². The molecule has 0 aliphatic carbocycles. The standard InChI is InChI=1S/C54H36SSi/c1-4-16-41(17-5-1)56(42-18-6-2-7-19-42,43-20-8-3-9-21-43)44-33-39(32-40(34-44)38-29-31-51-50-26-14-15-27-53(50)55-54(51)36-38)37-28-30-49-47-24-11-10-22-45(47)46-23-12-13-25-48(46)52(49)35-37/h1-36H. The van der Waals surface area contributed by atoms with E-state index in [-0.39, 0.29) is 0 Å². The molecule has 0 N–H and O–H groups in total. The molecule has 0 atom stereocenters. The summed E-state index contributed by atoms with van der Waals surface area (Å²) in [5, 5.41) is 15.9. The molecule has 0 nitrogen and oxygen atoms in total. The van der Waals surface area contributed by atoms with Crippen LogP contribution in [0.3, 0.4) is 0 Å². The highest BCUT2D eigenvalue weighted by atomic mass is 32.1. The zero-order valence-electron chi connectivity index (χ0n) is 30.7. The van der Waals surface area contributed by atoms with Crippen LogP contribution in [0.15, 0.2) is 218 Å². The van der Waals surface area contributed by atoms with E-state index in [0.29, 0.717) is 0 Å². The molecule has 0 radical (unpaired) electrons. The molecule has 1 aromatic heterocycles. The summed E-state index contributed by atoms with van der Waals surface area (Å²) in [5.74, 6) is 0. The van der Waals surface area contributed by atoms with E-state index in [1.807, 2.05) is 11.3 Å². The molecule has 0 aliphatic heterocycles. The molecule has 56 heavy (non-hydrogen) atoms. The van der Waals surface area contributed by atoms with Gasteiger partial charge in [-0.2, -0.15) is 0 Å². The normalized spacial score (nSPS) is 11.9. The predicted octanol–water partition coefficient (Wildman–Crippen LogP) is 12.2. The third-order valence-electron chi connectivity index (χ3n) is 11.8. The number of thiophene rings is 1. The number of hydrogen-bond donors (Lipinski definition) is 0. The fourth-order valence-electron chi connectivity index (χ4n) is 9.23. The lowest BCUT2D eigenvalue weighted by atomic mass is 9.91. The Labute approximate surface area is 331 Å². The van der Waals surface area contributed by atoms with Crippen molar-refractivity contribution < 1.29 is 0 Å². The Morgan fingerprint density at radius 1 is 0.232 bits per heavy atom. The molecule has 0 unspecified atom stereocenters. The largest absolute Gasteiger partial charge is 0.179 e. The van der Waals surface area contributed by atoms with Crippen LogP contribution in [0.1, 0.15) is 0 Å². The summed E-state index contributed by atoms with van der Waals surface area (Å²) in [5.41, 5.74) is 4.93. The first-order chi connectivity index (χ1) is 27.8. The van der Waals surface area contributed by atoms with Crippen molar-refractivity contribution in [2.45, 2.75) is 0 Å². The molecule has 0 fully saturated rings. The molecule has 0 spiro atoms. The fourth-order valence-corrected chi connectivity index (χ4v) is 15.2. The van der Waals surface area contributed by atoms with Crippen molar-refractivity contribution in [2.75, 3.05) is 0 Å². The molecule has 262 valence electrons. The number of rotatable bonds is 6. The van der Waals surface area contributed by atoms with E-state index >= 15 is 0 Å². The van der Waals surface area contributed by atoms with Crippen molar-refractivity contribution in [1.82, 2.24) is 0 Å². The highest BCUT2D eigenvalue weighted by Crippen LogP contribution is 2.39. The van der Waals surface area contributed by atoms with Gasteiger partial charge in [-0.05, 0) is 99.6 Å². The van der Waals surface area contributed by atoms with Gasteiger partial charge in [0.1, 0.15) is 0 Å². The summed E-state index contributed by atoms with van der Waals surface area (Å²) in [4.78, 5) is 0. The van der Waals surface area contributed by atoms with Gasteiger partial charge in [-0.1, -0.05) is 194 Å². The van der Waals surface area contributed by atoms with E-state index < -0.39 is 8.07 Å². The van der Waals surface area contributed by atoms with Gasteiger partial charge in [-0.3, -0.25) is 0 Å². The van der Waals surface area contributed by atoms with Crippen LogP contribution < -0.4 is 20.7 Å². The van der Waals surface area contributed by atoms with Crippen molar-refractivity contribution >= 4 is 92.6 Å². The maximum Gasteiger partial charge on any atom is 0.179 e. The Morgan fingerprint density at radius 2 is 0.625 bits per heavy atom. The molecular formula is C54H36SSi. The van der Waals surface area contributed by atoms with Gasteiger partial charge < -0.3 is 0 Å². The van der Waals surface area contributed by atoms with E-state index in [2.05, 4.69) is 218 Å². The zero-order chi connectivity index (χ0) is 37.1. The van der Waals surface area contributed by atoms with Gasteiger partial charge >= 0.3 is 0 Å². The van der Waals surface area contributed by atoms with Crippen LogP contribution in [-0.2, 0) is 0 Å². The third kappa shape index (κ3) is 5.18. The van der Waals surface area contributed by atoms with Crippen LogP contribution in [0.4, 0.5) is 0 Å². The minimum absolute atomic E-state index is 1.22. The van der Waals surface area contributed by atoms with Gasteiger partial charge in [0.05, 0.1) is 0 Å². The molecule has 0 saturated heterocycles. The first kappa shape index (κ1) is 32.8. The highest BCUT2D eigenvalue weighted by molar-refractivity contribution is 7.25. The Bertz CT molecular complexity index is 3110. The molecule has 0 bridgehead atoms. The average molecular weight is 745 g/mol. The second-order valence-electron chi connectivity index (χ2n) is 14.8. The smallest absolute Gasteiger partial charge is 0.135 e. The summed E-state index contributed by atoms with van der Waals surface area (Å²) >= 11 is 1.88. The van der Waals surface area contributed by atoms with Gasteiger partial charge in [0.2, 0.25) is 0 Å². The van der Waals surface area contributed by atoms with Crippen LogP contribution in [0, 0.1) is 0 Å². The number of hydrogen-bond acceptors (Lipinski definition) is 1. The third-order valence-corrected chi connectivity index (χ3v) is 17.7. The van der Waals surface area contributed by atoms with Crippen LogP contribution >= 0.6 is 11.3 Å². The molecule has 2 heteroatoms. The van der Waals surface area contributed by atoms with Crippen LogP contribution in [0.5, 0.6) is 0 Å². The van der Waals surface area contributed by atoms with Gasteiger partial charge in [0.25, 0.3) is 0 Å². The first-order valence-electron chi connectivity index (χ1n) is 19.3. The summed E-state index contributed by atoms with van der Waals surface area (Å²) in [6.45, 7) is 0. The van der Waals surface area contributed by atoms with Crippen LogP contribution in [-0.4, -0.2) is 8.07 Å². The van der Waals surface area contributed by atoms with E-state index in [0.717, 1.165) is 0 Å². The zero-order valence-corrected chi connectivity index (χ0v) is 32.5. The molecule has 0 amide bonds. The minimum Gasteiger partial charge on any atom is -0.135 e. The van der Waals surface area contributed by atoms with Gasteiger partial charge in [0, 0.05) is 20.2 Å². The first-order valence-corrected chi connectivity index (χ1v) is 22.1. The molecule has 0 aliphatic rings. The Hall–Kier alpha value is -6.58. The van der Waals surface area contributed by atoms with Crippen molar-refractivity contribution in [1.29, 1.82) is 0 Å². The SMILES string of the molecule is c1ccc([Si](c2ccccc2)(c2ccccc2)c2cc(-c3ccc4c(c3)sc3ccccc34)cc(-c3ccc4c5ccccc5c5ccccc5c4c3)c2)cc1. The van der Waals surface area contributed by atoms with Gasteiger partial charge in [-0.25, -0.2) is 0 Å². The predicted molar refractivity (Wildman–Crippen MR) is 246 cm³/mol. The van der Waals surface area contributed by atoms with Crippen molar-refractivity contribution in [3.05, 3.63) is 218 Å². The lowest BCUT2D eigenvalue weighted by molar-refractivity contribution is 1.62. The van der Waals surface area contributed by atoms with Crippen molar-refractivity contribution in [3.63, 3.8) is 0 Å². The Morgan fingerprint density at radius 3 is 1.16 bits per heavy atom. The summed E-state index contributed by atoms with van der Waals surface area (Å²) in [6.07, 6.45) is 0. The van der Waals surface area contributed by atoms with Crippen LogP contribution in [0.2, 0.25) is 0 Å². The molecule has 1 heterocycles. The van der Waals surface area contributed by atoms with Crippen molar-refractivity contribution in [3.8, 4) is 22.3 Å². The van der Waals surface area contributed by atoms with Crippen molar-refractivity contribution in [2.24, 2.45) is 0 Å². The summed E-state index contributed by atoms with van der Waals surface area (Å²) < 4.78 is 2.64. The highest BCUT2D eigenvalue weighted by Gasteiger charge is 2.41. The Balaban J connectivity index is 1.24. The quantitative estimate of drug-likeness (QED) is 0.0903. The second-order valence-corrected chi connectivity index (χ2v) is 19.7. The Kier molecular flexibility index (Phi) is 7.80. The van der Waals surface area contributed by atoms with E-state index in [1.165, 1.54) is 95.5 Å². The van der Waals surface area contributed by atoms with Crippen LogP contribution in [0.25, 0.3) is 74.7 Å². The van der Waals surface area contributed by atoms with E-state index in [4.69, 9.17) is 0 Å². The molecule has 0 saturated carbocycles. The molecular weight excluding hydrogens is 709 g/mol. The van der Waals surface area contributed by atoms with E-state index in [1.54, 1.807) is 0 Å². The van der Waals surface area contributed by atoms with Gasteiger partial charge in [-0.15, -0.1) is 11.3 Å². The lowest BCUT2D eigenvalue weighted by Crippen LogP contribution is -2.74. The maximum absolute atomic E-state index is 2.84. The molecule has 11 aromatic rings. The maximum atomic E-state index is 2.52. The lowest BCUT2D eigenvalue weighted by Gasteiger charge is -2.35. The van der Waals surface area contributed by atoms with E-state index in [9.17, 15) is 0 Å². The summed E-state index contributed by atoms with van der Waals surface area (Å²) in [6, 6.07) is 82.0. The molecule has 11 rings (SSSR count). The minimum atomic E-state index is -2.84. The second kappa shape index (κ2) is 13.3. The summed E-state index contributed by atoms with van der Waals surface area (Å²) in [7, 11) is -2.84.